The molecule has 1 heterocycles. The maximum Gasteiger partial charge on any atom is 0.240 e. The van der Waals surface area contributed by atoms with Crippen molar-refractivity contribution in [1.29, 1.82) is 0 Å². The average molecular weight is 385 g/mol. The van der Waals surface area contributed by atoms with E-state index < -0.39 is 5.38 Å². The Morgan fingerprint density at radius 2 is 1.70 bits per heavy atom. The highest BCUT2D eigenvalue weighted by Gasteiger charge is 2.20. The first kappa shape index (κ1) is 19.2. The molecule has 3 rings (SSSR count). The van der Waals surface area contributed by atoms with Crippen molar-refractivity contribution in [2.75, 3.05) is 0 Å². The third-order valence-corrected chi connectivity index (χ3v) is 4.60. The third kappa shape index (κ3) is 5.20. The summed E-state index contributed by atoms with van der Waals surface area (Å²) in [6.45, 7) is 3.27. The molecule has 0 radical (unpaired) electrons. The Balaban J connectivity index is 1.78. The molecule has 0 aliphatic carbocycles. The van der Waals surface area contributed by atoms with E-state index in [1.807, 2.05) is 48.7 Å². The first-order chi connectivity index (χ1) is 13.0. The van der Waals surface area contributed by atoms with Crippen LogP contribution in [0.3, 0.4) is 0 Å². The van der Waals surface area contributed by atoms with Gasteiger partial charge >= 0.3 is 0 Å². The molecule has 0 aliphatic rings. The van der Waals surface area contributed by atoms with Crippen LogP contribution in [0.2, 0.25) is 0 Å². The van der Waals surface area contributed by atoms with Crippen LogP contribution in [0.25, 0.3) is 0 Å². The van der Waals surface area contributed by atoms with Gasteiger partial charge in [-0.3, -0.25) is 4.79 Å². The topological polar surface area (TPSA) is 25.2 Å². The third-order valence-electron chi connectivity index (χ3n) is 4.41. The molecule has 3 nitrogen and oxygen atoms in total. The Morgan fingerprint density at radius 3 is 2.37 bits per heavy atom. The van der Waals surface area contributed by atoms with Crippen molar-refractivity contribution in [3.63, 3.8) is 0 Å². The Kier molecular flexibility index (Phi) is 6.30. The van der Waals surface area contributed by atoms with E-state index in [1.54, 1.807) is 24.0 Å². The number of amides is 1. The summed E-state index contributed by atoms with van der Waals surface area (Å²) in [4.78, 5) is 14.4. The van der Waals surface area contributed by atoms with Gasteiger partial charge in [-0.1, -0.05) is 42.5 Å². The molecule has 0 bridgehead atoms. The predicted octanol–water partition coefficient (Wildman–Crippen LogP) is 4.83. The molecule has 1 amide bonds. The normalized spacial score (nSPS) is 12.0. The van der Waals surface area contributed by atoms with E-state index in [9.17, 15) is 9.18 Å². The molecule has 1 atom stereocenters. The molecule has 0 aliphatic heterocycles. The summed E-state index contributed by atoms with van der Waals surface area (Å²) >= 11 is 6.08. The number of benzene rings is 2. The minimum atomic E-state index is -0.589. The second kappa shape index (κ2) is 8.87. The van der Waals surface area contributed by atoms with Crippen LogP contribution in [0, 0.1) is 5.82 Å². The number of halogens is 2. The molecular weight excluding hydrogens is 363 g/mol. The van der Waals surface area contributed by atoms with E-state index >= 15 is 0 Å². The molecule has 0 unspecified atom stereocenters. The minimum Gasteiger partial charge on any atom is -0.345 e. The van der Waals surface area contributed by atoms with Gasteiger partial charge in [-0.2, -0.15) is 0 Å². The standard InChI is InChI=1S/C22H22ClFN2O/c1-17(23)22(27)26(15-18-6-3-2-4-7-18)16-21-8-5-13-25(21)14-19-9-11-20(24)12-10-19/h2-13,17H,14-16H2,1H3/t17-/m1/s1. The van der Waals surface area contributed by atoms with Crippen LogP contribution >= 0.6 is 11.6 Å². The van der Waals surface area contributed by atoms with Gasteiger partial charge in [0, 0.05) is 25.0 Å². The van der Waals surface area contributed by atoms with Crippen LogP contribution in [0.5, 0.6) is 0 Å². The van der Waals surface area contributed by atoms with Gasteiger partial charge in [-0.05, 0) is 42.3 Å². The van der Waals surface area contributed by atoms with E-state index in [0.29, 0.717) is 19.6 Å². The van der Waals surface area contributed by atoms with Crippen LogP contribution in [0.15, 0.2) is 72.9 Å². The predicted molar refractivity (Wildman–Crippen MR) is 106 cm³/mol. The lowest BCUT2D eigenvalue weighted by atomic mass is 10.2. The molecule has 0 spiro atoms. The van der Waals surface area contributed by atoms with Crippen LogP contribution < -0.4 is 0 Å². The van der Waals surface area contributed by atoms with Crippen molar-refractivity contribution >= 4 is 17.5 Å². The molecule has 140 valence electrons. The fourth-order valence-corrected chi connectivity index (χ4v) is 3.13. The van der Waals surface area contributed by atoms with E-state index in [1.165, 1.54) is 12.1 Å². The van der Waals surface area contributed by atoms with E-state index in [0.717, 1.165) is 16.8 Å². The highest BCUT2D eigenvalue weighted by Crippen LogP contribution is 2.16. The lowest BCUT2D eigenvalue weighted by molar-refractivity contribution is -0.131. The van der Waals surface area contributed by atoms with Gasteiger partial charge in [-0.25, -0.2) is 4.39 Å². The zero-order valence-corrected chi connectivity index (χ0v) is 15.9. The number of aromatic nitrogens is 1. The molecule has 0 saturated heterocycles. The monoisotopic (exact) mass is 384 g/mol. The van der Waals surface area contributed by atoms with Crippen LogP contribution in [0.1, 0.15) is 23.7 Å². The summed E-state index contributed by atoms with van der Waals surface area (Å²) in [5.74, 6) is -0.350. The van der Waals surface area contributed by atoms with Crippen molar-refractivity contribution in [2.45, 2.75) is 31.9 Å². The van der Waals surface area contributed by atoms with E-state index in [4.69, 9.17) is 11.6 Å². The molecule has 3 aromatic rings. The Morgan fingerprint density at radius 1 is 1.00 bits per heavy atom. The number of hydrogen-bond donors (Lipinski definition) is 0. The quantitative estimate of drug-likeness (QED) is 0.535. The van der Waals surface area contributed by atoms with Crippen molar-refractivity contribution in [3.05, 3.63) is 95.6 Å². The average Bonchev–Trinajstić information content (AvgIpc) is 3.10. The van der Waals surface area contributed by atoms with Gasteiger partial charge in [0.1, 0.15) is 11.2 Å². The summed E-state index contributed by atoms with van der Waals surface area (Å²) in [7, 11) is 0. The van der Waals surface area contributed by atoms with Gasteiger partial charge in [-0.15, -0.1) is 11.6 Å². The molecule has 2 aromatic carbocycles. The zero-order valence-electron chi connectivity index (χ0n) is 15.2. The lowest BCUT2D eigenvalue weighted by Gasteiger charge is -2.25. The first-order valence-corrected chi connectivity index (χ1v) is 9.32. The van der Waals surface area contributed by atoms with Gasteiger partial charge in [0.2, 0.25) is 5.91 Å². The maximum absolute atomic E-state index is 13.1. The highest BCUT2D eigenvalue weighted by atomic mass is 35.5. The minimum absolute atomic E-state index is 0.102. The molecule has 0 fully saturated rings. The molecule has 0 N–H and O–H groups in total. The fraction of sp³-hybridized carbons (Fsp3) is 0.227. The van der Waals surface area contributed by atoms with Crippen LogP contribution in [-0.4, -0.2) is 20.8 Å². The highest BCUT2D eigenvalue weighted by molar-refractivity contribution is 6.30. The van der Waals surface area contributed by atoms with Crippen molar-refractivity contribution in [3.8, 4) is 0 Å². The number of nitrogens with zero attached hydrogens (tertiary/aromatic N) is 2. The maximum atomic E-state index is 13.1. The molecule has 1 aromatic heterocycles. The van der Waals surface area contributed by atoms with Crippen LogP contribution in [0.4, 0.5) is 4.39 Å². The SMILES string of the molecule is C[C@@H](Cl)C(=O)N(Cc1ccccc1)Cc1cccn1Cc1ccc(F)cc1. The van der Waals surface area contributed by atoms with Crippen molar-refractivity contribution in [1.82, 2.24) is 9.47 Å². The fourth-order valence-electron chi connectivity index (χ4n) is 3.00. The number of rotatable bonds is 7. The van der Waals surface area contributed by atoms with Crippen molar-refractivity contribution in [2.24, 2.45) is 0 Å². The second-order valence-corrected chi connectivity index (χ2v) is 7.20. The smallest absolute Gasteiger partial charge is 0.240 e. The number of hydrogen-bond acceptors (Lipinski definition) is 1. The van der Waals surface area contributed by atoms with E-state index in [-0.39, 0.29) is 11.7 Å². The summed E-state index contributed by atoms with van der Waals surface area (Å²) < 4.78 is 15.2. The van der Waals surface area contributed by atoms with E-state index in [2.05, 4.69) is 4.57 Å². The second-order valence-electron chi connectivity index (χ2n) is 6.55. The first-order valence-electron chi connectivity index (χ1n) is 8.88. The van der Waals surface area contributed by atoms with Crippen molar-refractivity contribution < 1.29 is 9.18 Å². The molecule has 27 heavy (non-hydrogen) atoms. The lowest BCUT2D eigenvalue weighted by Crippen LogP contribution is -2.35. The summed E-state index contributed by atoms with van der Waals surface area (Å²) in [5.41, 5.74) is 3.06. The van der Waals surface area contributed by atoms with Gasteiger partial charge in [0.25, 0.3) is 0 Å². The van der Waals surface area contributed by atoms with Gasteiger partial charge in [0.15, 0.2) is 0 Å². The van der Waals surface area contributed by atoms with Gasteiger partial charge in [0.05, 0.1) is 6.54 Å². The number of carbonyl (C=O) groups is 1. The van der Waals surface area contributed by atoms with Crippen LogP contribution in [-0.2, 0) is 24.4 Å². The molecule has 5 heteroatoms. The summed E-state index contributed by atoms with van der Waals surface area (Å²) in [5, 5.41) is -0.589. The molecular formula is C22H22ClFN2O. The molecule has 0 saturated carbocycles. The van der Waals surface area contributed by atoms with Gasteiger partial charge < -0.3 is 9.47 Å². The largest absolute Gasteiger partial charge is 0.345 e. The Labute approximate surface area is 164 Å². The Bertz CT molecular complexity index is 875. The number of alkyl halides is 1. The Hall–Kier alpha value is -2.59. The zero-order chi connectivity index (χ0) is 19.2. The summed E-state index contributed by atoms with van der Waals surface area (Å²) in [6.07, 6.45) is 1.97. The number of carbonyl (C=O) groups excluding carboxylic acids is 1. The summed E-state index contributed by atoms with van der Waals surface area (Å²) in [6, 6.07) is 20.3.